The van der Waals surface area contributed by atoms with Crippen LogP contribution in [0.3, 0.4) is 0 Å². The van der Waals surface area contributed by atoms with Crippen molar-refractivity contribution in [1.82, 2.24) is 0 Å². The predicted octanol–water partition coefficient (Wildman–Crippen LogP) is 1.86. The van der Waals surface area contributed by atoms with E-state index in [1.807, 2.05) is 13.8 Å². The molecular weight excluding hydrogens is 228 g/mol. The molecule has 0 spiro atoms. The first-order valence-corrected chi connectivity index (χ1v) is 6.92. The molecule has 0 aromatic heterocycles. The number of rotatable bonds is 1. The average molecular weight is 254 g/mol. The van der Waals surface area contributed by atoms with Gasteiger partial charge in [-0.2, -0.15) is 0 Å². The van der Waals surface area contributed by atoms with Crippen LogP contribution in [0.25, 0.3) is 0 Å². The Balaban J connectivity index is 2.22. The third kappa shape index (κ3) is 2.24. The Morgan fingerprint density at radius 2 is 1.94 bits per heavy atom. The molecule has 0 aliphatic heterocycles. The molecule has 3 heteroatoms. The van der Waals surface area contributed by atoms with E-state index in [4.69, 9.17) is 0 Å². The van der Waals surface area contributed by atoms with Crippen molar-refractivity contribution in [3.63, 3.8) is 0 Å². The van der Waals surface area contributed by atoms with Crippen LogP contribution in [0.1, 0.15) is 46.5 Å². The molecule has 3 nitrogen and oxygen atoms in total. The Morgan fingerprint density at radius 1 is 1.33 bits per heavy atom. The van der Waals surface area contributed by atoms with Gasteiger partial charge >= 0.3 is 0 Å². The highest BCUT2D eigenvalue weighted by molar-refractivity contribution is 5.20. The Labute approximate surface area is 110 Å². The number of hydrogen-bond donors (Lipinski definition) is 3. The molecule has 5 atom stereocenters. The van der Waals surface area contributed by atoms with Crippen LogP contribution in [0.5, 0.6) is 0 Å². The van der Waals surface area contributed by atoms with Crippen molar-refractivity contribution in [2.24, 2.45) is 17.3 Å². The fourth-order valence-electron chi connectivity index (χ4n) is 3.89. The molecule has 0 bridgehead atoms. The second kappa shape index (κ2) is 4.32. The van der Waals surface area contributed by atoms with Crippen molar-refractivity contribution in [2.75, 3.05) is 0 Å². The Kier molecular flexibility index (Phi) is 3.37. The van der Waals surface area contributed by atoms with Crippen molar-refractivity contribution >= 4 is 0 Å². The van der Waals surface area contributed by atoms with Crippen LogP contribution < -0.4 is 0 Å². The number of fused-ring (bicyclic) bond motifs is 1. The van der Waals surface area contributed by atoms with E-state index in [-0.39, 0.29) is 17.3 Å². The van der Waals surface area contributed by atoms with Gasteiger partial charge in [-0.15, -0.1) is 0 Å². The average Bonchev–Trinajstić information content (AvgIpc) is 2.24. The number of hydrogen-bond acceptors (Lipinski definition) is 3. The van der Waals surface area contributed by atoms with E-state index in [1.165, 1.54) is 0 Å². The Morgan fingerprint density at radius 3 is 2.50 bits per heavy atom. The van der Waals surface area contributed by atoms with Gasteiger partial charge < -0.3 is 15.3 Å². The van der Waals surface area contributed by atoms with Gasteiger partial charge in [0.25, 0.3) is 0 Å². The molecule has 0 aromatic rings. The molecule has 104 valence electrons. The molecule has 0 aromatic carbocycles. The normalized spacial score (nSPS) is 45.8. The lowest BCUT2D eigenvalue weighted by molar-refractivity contribution is -0.0868. The summed E-state index contributed by atoms with van der Waals surface area (Å²) in [6, 6.07) is 0. The number of aliphatic hydroxyl groups is 3. The fraction of sp³-hybridized carbons (Fsp3) is 0.867. The number of aliphatic hydroxyl groups excluding tert-OH is 2. The first kappa shape index (κ1) is 14.0. The molecule has 18 heavy (non-hydrogen) atoms. The lowest BCUT2D eigenvalue weighted by Crippen LogP contribution is -2.51. The minimum atomic E-state index is -0.802. The zero-order valence-electron chi connectivity index (χ0n) is 11.7. The Hall–Kier alpha value is -0.380. The van der Waals surface area contributed by atoms with Gasteiger partial charge in [0.15, 0.2) is 0 Å². The summed E-state index contributed by atoms with van der Waals surface area (Å²) in [6.07, 6.45) is 1.97. The smallest absolute Gasteiger partial charge is 0.101 e. The summed E-state index contributed by atoms with van der Waals surface area (Å²) >= 11 is 0. The van der Waals surface area contributed by atoms with Crippen LogP contribution in [0.15, 0.2) is 12.2 Å². The summed E-state index contributed by atoms with van der Waals surface area (Å²) in [6.45, 7) is 9.90. The zero-order valence-corrected chi connectivity index (χ0v) is 11.7. The van der Waals surface area contributed by atoms with E-state index in [2.05, 4.69) is 13.5 Å². The van der Waals surface area contributed by atoms with Crippen LogP contribution in [-0.2, 0) is 0 Å². The summed E-state index contributed by atoms with van der Waals surface area (Å²) in [5, 5.41) is 30.1. The van der Waals surface area contributed by atoms with Crippen LogP contribution in [0.4, 0.5) is 0 Å². The van der Waals surface area contributed by atoms with Gasteiger partial charge in [0.2, 0.25) is 0 Å². The fourth-order valence-corrected chi connectivity index (χ4v) is 3.89. The molecule has 5 unspecified atom stereocenters. The van der Waals surface area contributed by atoms with E-state index in [1.54, 1.807) is 0 Å². The third-order valence-electron chi connectivity index (χ3n) is 5.29. The topological polar surface area (TPSA) is 60.7 Å². The monoisotopic (exact) mass is 254 g/mol. The molecule has 2 aliphatic carbocycles. The molecule has 0 radical (unpaired) electrons. The van der Waals surface area contributed by atoms with Crippen LogP contribution >= 0.6 is 0 Å². The minimum absolute atomic E-state index is 0.0253. The van der Waals surface area contributed by atoms with Crippen molar-refractivity contribution < 1.29 is 15.3 Å². The highest BCUT2D eigenvalue weighted by Gasteiger charge is 2.50. The molecule has 2 fully saturated rings. The van der Waals surface area contributed by atoms with Crippen LogP contribution in [-0.4, -0.2) is 33.1 Å². The predicted molar refractivity (Wildman–Crippen MR) is 71.0 cm³/mol. The van der Waals surface area contributed by atoms with Gasteiger partial charge in [0.05, 0.1) is 11.7 Å². The van der Waals surface area contributed by atoms with Gasteiger partial charge in [-0.3, -0.25) is 0 Å². The third-order valence-corrected chi connectivity index (χ3v) is 5.29. The maximum Gasteiger partial charge on any atom is 0.101 e. The van der Waals surface area contributed by atoms with E-state index < -0.39 is 17.8 Å². The maximum absolute atomic E-state index is 10.2. The first-order valence-electron chi connectivity index (χ1n) is 6.92. The van der Waals surface area contributed by atoms with Crippen LogP contribution in [0, 0.1) is 17.3 Å². The molecule has 0 saturated heterocycles. The summed E-state index contributed by atoms with van der Waals surface area (Å²) in [5.74, 6) is 0.454. The van der Waals surface area contributed by atoms with Crippen molar-refractivity contribution in [3.8, 4) is 0 Å². The standard InChI is InChI=1S/C15H26O3/c1-9-11-7-10(14(2,3)18)5-6-15(11,4)8-12(16)13(9)17/h10-13,16-18H,1,5-8H2,2-4H3. The maximum atomic E-state index is 10.2. The van der Waals surface area contributed by atoms with Gasteiger partial charge in [-0.25, -0.2) is 0 Å². The molecule has 0 heterocycles. The van der Waals surface area contributed by atoms with Gasteiger partial charge in [0.1, 0.15) is 6.10 Å². The summed E-state index contributed by atoms with van der Waals surface area (Å²) in [4.78, 5) is 0. The summed E-state index contributed by atoms with van der Waals surface area (Å²) in [7, 11) is 0. The second-order valence-corrected chi connectivity index (χ2v) is 7.12. The van der Waals surface area contributed by atoms with Crippen LogP contribution in [0.2, 0.25) is 0 Å². The lowest BCUT2D eigenvalue weighted by atomic mass is 9.54. The quantitative estimate of drug-likeness (QED) is 0.626. The van der Waals surface area contributed by atoms with E-state index in [0.717, 1.165) is 24.8 Å². The largest absolute Gasteiger partial charge is 0.390 e. The summed E-state index contributed by atoms with van der Waals surface area (Å²) in [5.41, 5.74) is 0.102. The van der Waals surface area contributed by atoms with Crippen molar-refractivity contribution in [2.45, 2.75) is 64.3 Å². The first-order chi connectivity index (χ1) is 8.15. The zero-order chi connectivity index (χ0) is 13.7. The Bertz CT molecular complexity index is 344. The second-order valence-electron chi connectivity index (χ2n) is 7.12. The highest BCUT2D eigenvalue weighted by atomic mass is 16.3. The van der Waals surface area contributed by atoms with Gasteiger partial charge in [-0.05, 0) is 62.4 Å². The molecule has 0 amide bonds. The highest BCUT2D eigenvalue weighted by Crippen LogP contribution is 2.54. The molecule has 3 N–H and O–H groups in total. The van der Waals surface area contributed by atoms with Gasteiger partial charge in [-0.1, -0.05) is 13.5 Å². The molecule has 2 rings (SSSR count). The SMILES string of the molecule is C=C1C(O)C(O)CC2(C)CCC(C(C)(C)O)CC12. The van der Waals surface area contributed by atoms with Gasteiger partial charge in [0, 0.05) is 0 Å². The minimum Gasteiger partial charge on any atom is -0.390 e. The molecular formula is C15H26O3. The van der Waals surface area contributed by atoms with Crippen molar-refractivity contribution in [3.05, 3.63) is 12.2 Å². The molecule has 2 saturated carbocycles. The van der Waals surface area contributed by atoms with E-state index >= 15 is 0 Å². The molecule has 2 aliphatic rings. The van der Waals surface area contributed by atoms with E-state index in [9.17, 15) is 15.3 Å². The van der Waals surface area contributed by atoms with Crippen molar-refractivity contribution in [1.29, 1.82) is 0 Å². The summed E-state index contributed by atoms with van der Waals surface area (Å²) < 4.78 is 0. The van der Waals surface area contributed by atoms with E-state index in [0.29, 0.717) is 6.42 Å². The lowest BCUT2D eigenvalue weighted by Gasteiger charge is -2.53.